The minimum absolute atomic E-state index is 0.00113. The number of carbonyl (C=O) groups is 1. The van der Waals surface area contributed by atoms with Crippen LogP contribution in [0.2, 0.25) is 0 Å². The number of ether oxygens (including phenoxy) is 1. The molecule has 1 aromatic rings. The van der Waals surface area contributed by atoms with E-state index in [0.717, 1.165) is 63.6 Å². The second-order valence-electron chi connectivity index (χ2n) is 6.13. The van der Waals surface area contributed by atoms with Crippen molar-refractivity contribution in [2.45, 2.75) is 13.3 Å². The molecule has 3 heterocycles. The van der Waals surface area contributed by atoms with E-state index in [0.29, 0.717) is 5.92 Å². The van der Waals surface area contributed by atoms with Gasteiger partial charge in [-0.25, -0.2) is 4.79 Å². The summed E-state index contributed by atoms with van der Waals surface area (Å²) in [5.74, 6) is 0.572. The van der Waals surface area contributed by atoms with Gasteiger partial charge in [0.25, 0.3) is 0 Å². The summed E-state index contributed by atoms with van der Waals surface area (Å²) in [6.07, 6.45) is 4.55. The fraction of sp³-hybridized carbons (Fsp3) is 0.625. The molecule has 3 rings (SSSR count). The summed E-state index contributed by atoms with van der Waals surface area (Å²) in [5, 5.41) is 2.99. The molecule has 120 valence electrons. The van der Waals surface area contributed by atoms with Gasteiger partial charge >= 0.3 is 6.03 Å². The Balaban J connectivity index is 1.49. The van der Waals surface area contributed by atoms with Gasteiger partial charge in [0.15, 0.2) is 0 Å². The Kier molecular flexibility index (Phi) is 4.90. The molecule has 6 nitrogen and oxygen atoms in total. The third kappa shape index (κ3) is 3.75. The highest BCUT2D eigenvalue weighted by molar-refractivity contribution is 5.90. The molecule has 0 bridgehead atoms. The minimum Gasteiger partial charge on any atom is -0.379 e. The number of pyridine rings is 1. The van der Waals surface area contributed by atoms with Crippen LogP contribution in [-0.2, 0) is 4.74 Å². The highest BCUT2D eigenvalue weighted by Gasteiger charge is 2.28. The van der Waals surface area contributed by atoms with Crippen LogP contribution in [0.15, 0.2) is 18.5 Å². The van der Waals surface area contributed by atoms with Crippen LogP contribution in [0.3, 0.4) is 0 Å². The van der Waals surface area contributed by atoms with Crippen LogP contribution in [0.5, 0.6) is 0 Å². The summed E-state index contributed by atoms with van der Waals surface area (Å²) >= 11 is 0. The van der Waals surface area contributed by atoms with Crippen molar-refractivity contribution in [3.8, 4) is 0 Å². The Morgan fingerprint density at radius 2 is 2.23 bits per heavy atom. The molecule has 2 fully saturated rings. The maximum atomic E-state index is 12.4. The topological polar surface area (TPSA) is 57.7 Å². The van der Waals surface area contributed by atoms with E-state index in [9.17, 15) is 4.79 Å². The van der Waals surface area contributed by atoms with Crippen LogP contribution >= 0.6 is 0 Å². The van der Waals surface area contributed by atoms with Crippen LogP contribution in [0.25, 0.3) is 0 Å². The number of morpholine rings is 1. The lowest BCUT2D eigenvalue weighted by Crippen LogP contribution is -2.40. The van der Waals surface area contributed by atoms with Gasteiger partial charge in [0.1, 0.15) is 0 Å². The average molecular weight is 304 g/mol. The third-order valence-electron chi connectivity index (χ3n) is 4.46. The van der Waals surface area contributed by atoms with Crippen molar-refractivity contribution >= 4 is 11.7 Å². The largest absolute Gasteiger partial charge is 0.379 e. The van der Waals surface area contributed by atoms with Crippen molar-refractivity contribution in [3.05, 3.63) is 24.0 Å². The van der Waals surface area contributed by atoms with E-state index < -0.39 is 0 Å². The molecule has 2 amide bonds. The van der Waals surface area contributed by atoms with Gasteiger partial charge in [-0.2, -0.15) is 0 Å². The quantitative estimate of drug-likeness (QED) is 0.921. The van der Waals surface area contributed by atoms with E-state index in [-0.39, 0.29) is 6.03 Å². The van der Waals surface area contributed by atoms with Crippen LogP contribution < -0.4 is 5.32 Å². The summed E-state index contributed by atoms with van der Waals surface area (Å²) < 4.78 is 5.38. The average Bonchev–Trinajstić information content (AvgIpc) is 2.99. The van der Waals surface area contributed by atoms with Crippen LogP contribution in [-0.4, -0.2) is 66.8 Å². The number of urea groups is 1. The number of aromatic nitrogens is 1. The van der Waals surface area contributed by atoms with Crippen molar-refractivity contribution in [3.63, 3.8) is 0 Å². The van der Waals surface area contributed by atoms with E-state index in [1.165, 1.54) is 0 Å². The Bertz CT molecular complexity index is 517. The number of carbonyl (C=O) groups excluding carboxylic acids is 1. The molecule has 0 unspecified atom stereocenters. The lowest BCUT2D eigenvalue weighted by Gasteiger charge is -2.29. The monoisotopic (exact) mass is 304 g/mol. The molecule has 2 saturated heterocycles. The molecule has 0 radical (unpaired) electrons. The zero-order valence-corrected chi connectivity index (χ0v) is 13.1. The maximum absolute atomic E-state index is 12.4. The van der Waals surface area contributed by atoms with Crippen LogP contribution in [0.4, 0.5) is 10.5 Å². The number of nitrogens with zero attached hydrogens (tertiary/aromatic N) is 3. The highest BCUT2D eigenvalue weighted by atomic mass is 16.5. The molecule has 2 aliphatic rings. The first-order valence-corrected chi connectivity index (χ1v) is 7.99. The molecule has 0 aromatic carbocycles. The number of nitrogens with one attached hydrogen (secondary N) is 1. The van der Waals surface area contributed by atoms with Gasteiger partial charge in [0, 0.05) is 50.8 Å². The number of anilines is 1. The maximum Gasteiger partial charge on any atom is 0.321 e. The number of likely N-dealkylation sites (tertiary alicyclic amines) is 1. The fourth-order valence-corrected chi connectivity index (χ4v) is 3.12. The summed E-state index contributed by atoms with van der Waals surface area (Å²) in [7, 11) is 0. The lowest BCUT2D eigenvalue weighted by atomic mass is 10.1. The number of amides is 2. The number of hydrogen-bond donors (Lipinski definition) is 1. The lowest BCUT2D eigenvalue weighted by molar-refractivity contribution is 0.0314. The SMILES string of the molecule is Cc1cnccc1NC(=O)N1CC[C@H](CN2CCOCC2)C1. The first-order chi connectivity index (χ1) is 10.7. The number of rotatable bonds is 3. The molecule has 2 aliphatic heterocycles. The molecule has 0 saturated carbocycles. The van der Waals surface area contributed by atoms with Gasteiger partial charge < -0.3 is 15.0 Å². The van der Waals surface area contributed by atoms with Gasteiger partial charge in [-0.1, -0.05) is 0 Å². The van der Waals surface area contributed by atoms with Crippen molar-refractivity contribution < 1.29 is 9.53 Å². The standard InChI is InChI=1S/C16H24N4O2/c1-13-10-17-4-2-15(13)18-16(21)20-5-3-14(12-20)11-19-6-8-22-9-7-19/h2,4,10,14H,3,5-9,11-12H2,1H3,(H,17,18,21)/t14-/m1/s1. The van der Waals surface area contributed by atoms with Gasteiger partial charge in [-0.3, -0.25) is 9.88 Å². The second kappa shape index (κ2) is 7.07. The Morgan fingerprint density at radius 1 is 1.41 bits per heavy atom. The summed E-state index contributed by atoms with van der Waals surface area (Å²) in [6.45, 7) is 8.39. The molecular weight excluding hydrogens is 280 g/mol. The van der Waals surface area contributed by atoms with Crippen LogP contribution in [0.1, 0.15) is 12.0 Å². The van der Waals surface area contributed by atoms with E-state index in [1.54, 1.807) is 12.4 Å². The van der Waals surface area contributed by atoms with E-state index in [4.69, 9.17) is 4.74 Å². The summed E-state index contributed by atoms with van der Waals surface area (Å²) in [4.78, 5) is 20.8. The molecule has 6 heteroatoms. The highest BCUT2D eigenvalue weighted by Crippen LogP contribution is 2.20. The van der Waals surface area contributed by atoms with E-state index in [1.807, 2.05) is 17.9 Å². The van der Waals surface area contributed by atoms with Crippen molar-refractivity contribution in [1.29, 1.82) is 0 Å². The molecule has 1 N–H and O–H groups in total. The van der Waals surface area contributed by atoms with E-state index in [2.05, 4.69) is 15.2 Å². The predicted octanol–water partition coefficient (Wildman–Crippen LogP) is 1.58. The van der Waals surface area contributed by atoms with Crippen molar-refractivity contribution in [1.82, 2.24) is 14.8 Å². The van der Waals surface area contributed by atoms with Crippen molar-refractivity contribution in [2.75, 3.05) is 51.3 Å². The van der Waals surface area contributed by atoms with Gasteiger partial charge in [-0.15, -0.1) is 0 Å². The third-order valence-corrected chi connectivity index (χ3v) is 4.46. The first kappa shape index (κ1) is 15.2. The molecule has 0 spiro atoms. The van der Waals surface area contributed by atoms with Gasteiger partial charge in [-0.05, 0) is 30.9 Å². The minimum atomic E-state index is -0.00113. The molecule has 1 atom stereocenters. The van der Waals surface area contributed by atoms with E-state index >= 15 is 0 Å². The smallest absolute Gasteiger partial charge is 0.321 e. The molecular formula is C16H24N4O2. The molecule has 22 heavy (non-hydrogen) atoms. The second-order valence-corrected chi connectivity index (χ2v) is 6.13. The van der Waals surface area contributed by atoms with Gasteiger partial charge in [0.05, 0.1) is 13.2 Å². The number of hydrogen-bond acceptors (Lipinski definition) is 4. The first-order valence-electron chi connectivity index (χ1n) is 7.99. The zero-order valence-electron chi connectivity index (χ0n) is 13.1. The Morgan fingerprint density at radius 3 is 3.00 bits per heavy atom. The summed E-state index contributed by atoms with van der Waals surface area (Å²) in [5.41, 5.74) is 1.83. The zero-order chi connectivity index (χ0) is 15.4. The normalized spacial score (nSPS) is 22.8. The Labute approximate surface area is 131 Å². The van der Waals surface area contributed by atoms with Crippen molar-refractivity contribution in [2.24, 2.45) is 5.92 Å². The predicted molar refractivity (Wildman–Crippen MR) is 84.9 cm³/mol. The number of aryl methyl sites for hydroxylation is 1. The van der Waals surface area contributed by atoms with Crippen LogP contribution in [0, 0.1) is 12.8 Å². The Hall–Kier alpha value is -1.66. The molecule has 0 aliphatic carbocycles. The fourth-order valence-electron chi connectivity index (χ4n) is 3.12. The molecule has 1 aromatic heterocycles. The summed E-state index contributed by atoms with van der Waals surface area (Å²) in [6, 6.07) is 1.84. The van der Waals surface area contributed by atoms with Gasteiger partial charge in [0.2, 0.25) is 0 Å².